The van der Waals surface area contributed by atoms with Crippen molar-refractivity contribution < 1.29 is 4.79 Å². The SMILES string of the molecule is C#CCn1c(=NC(=O)c2ccc(N(C)C)cc2)sc2cc(C(C)C)ccc21. The lowest BCUT2D eigenvalue weighted by atomic mass is 10.0. The van der Waals surface area contributed by atoms with E-state index in [1.165, 1.54) is 16.9 Å². The summed E-state index contributed by atoms with van der Waals surface area (Å²) in [6.45, 7) is 4.71. The van der Waals surface area contributed by atoms with Gasteiger partial charge in [-0.3, -0.25) is 4.79 Å². The van der Waals surface area contributed by atoms with E-state index < -0.39 is 0 Å². The van der Waals surface area contributed by atoms with E-state index in [1.54, 1.807) is 12.1 Å². The molecule has 1 amide bonds. The maximum Gasteiger partial charge on any atom is 0.279 e. The van der Waals surface area contributed by atoms with E-state index in [9.17, 15) is 4.79 Å². The van der Waals surface area contributed by atoms with Crippen molar-refractivity contribution in [2.24, 2.45) is 4.99 Å². The number of hydrogen-bond donors (Lipinski definition) is 0. The second-order valence-corrected chi connectivity index (χ2v) is 7.92. The van der Waals surface area contributed by atoms with Crippen molar-refractivity contribution in [3.05, 3.63) is 58.4 Å². The Morgan fingerprint density at radius 3 is 2.52 bits per heavy atom. The number of nitrogens with zero attached hydrogens (tertiary/aromatic N) is 3. The Bertz CT molecular complexity index is 1080. The first-order chi connectivity index (χ1) is 12.9. The molecule has 0 aliphatic heterocycles. The molecule has 0 atom stereocenters. The summed E-state index contributed by atoms with van der Waals surface area (Å²) < 4.78 is 3.02. The molecule has 0 N–H and O–H groups in total. The Hall–Kier alpha value is -2.84. The second kappa shape index (κ2) is 7.81. The molecule has 0 unspecified atom stereocenters. The molecule has 3 rings (SSSR count). The van der Waals surface area contributed by atoms with Crippen LogP contribution in [-0.4, -0.2) is 24.6 Å². The number of amides is 1. The molecule has 0 saturated carbocycles. The van der Waals surface area contributed by atoms with E-state index in [-0.39, 0.29) is 5.91 Å². The number of benzene rings is 2. The highest BCUT2D eigenvalue weighted by Crippen LogP contribution is 2.23. The number of aromatic nitrogens is 1. The van der Waals surface area contributed by atoms with E-state index >= 15 is 0 Å². The fourth-order valence-electron chi connectivity index (χ4n) is 2.83. The number of terminal acetylenes is 1. The standard InChI is InChI=1S/C22H23N3OS/c1-6-13-25-19-12-9-17(15(2)3)14-20(19)27-22(25)23-21(26)16-7-10-18(11-8-16)24(4)5/h1,7-12,14-15H,13H2,2-5H3. The van der Waals surface area contributed by atoms with E-state index in [0.29, 0.717) is 22.8 Å². The largest absolute Gasteiger partial charge is 0.378 e. The molecule has 0 aliphatic rings. The highest BCUT2D eigenvalue weighted by molar-refractivity contribution is 7.16. The Morgan fingerprint density at radius 1 is 1.22 bits per heavy atom. The van der Waals surface area contributed by atoms with Crippen LogP contribution in [0.2, 0.25) is 0 Å². The van der Waals surface area contributed by atoms with Crippen LogP contribution in [0.3, 0.4) is 0 Å². The molecule has 1 heterocycles. The van der Waals surface area contributed by atoms with Gasteiger partial charge in [0.05, 0.1) is 16.8 Å². The first kappa shape index (κ1) is 18.9. The molecule has 138 valence electrons. The minimum absolute atomic E-state index is 0.262. The van der Waals surface area contributed by atoms with Crippen molar-refractivity contribution in [2.75, 3.05) is 19.0 Å². The minimum Gasteiger partial charge on any atom is -0.378 e. The van der Waals surface area contributed by atoms with Gasteiger partial charge in [0.2, 0.25) is 0 Å². The van der Waals surface area contributed by atoms with Crippen LogP contribution in [0.4, 0.5) is 5.69 Å². The van der Waals surface area contributed by atoms with Crippen LogP contribution in [0.5, 0.6) is 0 Å². The molecule has 0 saturated heterocycles. The molecule has 0 fully saturated rings. The fraction of sp³-hybridized carbons (Fsp3) is 0.273. The lowest BCUT2D eigenvalue weighted by Gasteiger charge is -2.11. The molecule has 0 spiro atoms. The predicted molar refractivity (Wildman–Crippen MR) is 113 cm³/mol. The lowest BCUT2D eigenvalue weighted by Crippen LogP contribution is -2.16. The van der Waals surface area contributed by atoms with Crippen LogP contribution in [0.25, 0.3) is 10.2 Å². The normalized spacial score (nSPS) is 11.8. The van der Waals surface area contributed by atoms with Crippen LogP contribution in [-0.2, 0) is 6.54 Å². The quantitative estimate of drug-likeness (QED) is 0.637. The van der Waals surface area contributed by atoms with Gasteiger partial charge in [-0.15, -0.1) is 6.42 Å². The number of carbonyl (C=O) groups excluding carboxylic acids is 1. The monoisotopic (exact) mass is 377 g/mol. The van der Waals surface area contributed by atoms with Crippen LogP contribution in [0.15, 0.2) is 47.5 Å². The molecule has 1 aromatic heterocycles. The van der Waals surface area contributed by atoms with Gasteiger partial charge in [0, 0.05) is 25.3 Å². The number of rotatable bonds is 4. The average Bonchev–Trinajstić information content (AvgIpc) is 2.98. The Kier molecular flexibility index (Phi) is 5.48. The molecule has 4 nitrogen and oxygen atoms in total. The molecule has 0 bridgehead atoms. The van der Waals surface area contributed by atoms with E-state index in [0.717, 1.165) is 15.9 Å². The predicted octanol–water partition coefficient (Wildman–Crippen LogP) is 4.27. The van der Waals surface area contributed by atoms with Crippen molar-refractivity contribution in [3.8, 4) is 12.3 Å². The lowest BCUT2D eigenvalue weighted by molar-refractivity contribution is 0.0998. The van der Waals surface area contributed by atoms with E-state index in [4.69, 9.17) is 6.42 Å². The average molecular weight is 378 g/mol. The third kappa shape index (κ3) is 3.96. The summed E-state index contributed by atoms with van der Waals surface area (Å²) in [6.07, 6.45) is 5.55. The van der Waals surface area contributed by atoms with Crippen molar-refractivity contribution in [3.63, 3.8) is 0 Å². The molecular formula is C22H23N3OS. The number of fused-ring (bicyclic) bond motifs is 1. The van der Waals surface area contributed by atoms with Gasteiger partial charge in [0.1, 0.15) is 0 Å². The summed E-state index contributed by atoms with van der Waals surface area (Å²) in [5.74, 6) is 2.84. The van der Waals surface area contributed by atoms with Crippen LogP contribution in [0.1, 0.15) is 35.7 Å². The minimum atomic E-state index is -0.262. The fourth-order valence-corrected chi connectivity index (χ4v) is 3.91. The number of carbonyl (C=O) groups is 1. The van der Waals surface area contributed by atoms with Gasteiger partial charge >= 0.3 is 0 Å². The van der Waals surface area contributed by atoms with Crippen LogP contribution in [0, 0.1) is 12.3 Å². The van der Waals surface area contributed by atoms with E-state index in [1.807, 2.05) is 35.7 Å². The summed E-state index contributed by atoms with van der Waals surface area (Å²) in [7, 11) is 3.93. The molecule has 5 heteroatoms. The van der Waals surface area contributed by atoms with Crippen molar-refractivity contribution in [1.29, 1.82) is 0 Å². The smallest absolute Gasteiger partial charge is 0.279 e. The molecule has 3 aromatic rings. The molecule has 0 aliphatic carbocycles. The zero-order valence-electron chi connectivity index (χ0n) is 16.1. The highest BCUT2D eigenvalue weighted by Gasteiger charge is 2.10. The second-order valence-electron chi connectivity index (χ2n) is 6.92. The summed E-state index contributed by atoms with van der Waals surface area (Å²) in [5.41, 5.74) is 3.87. The third-order valence-corrected chi connectivity index (χ3v) is 5.49. The maximum atomic E-state index is 12.7. The van der Waals surface area contributed by atoms with Gasteiger partial charge in [-0.05, 0) is 47.9 Å². The first-order valence-corrected chi connectivity index (χ1v) is 9.65. The Labute approximate surface area is 163 Å². The topological polar surface area (TPSA) is 37.6 Å². The number of hydrogen-bond acceptors (Lipinski definition) is 3. The Morgan fingerprint density at radius 2 is 1.93 bits per heavy atom. The van der Waals surface area contributed by atoms with Crippen molar-refractivity contribution >= 4 is 33.1 Å². The number of anilines is 1. The molecular weight excluding hydrogens is 354 g/mol. The first-order valence-electron chi connectivity index (χ1n) is 8.84. The van der Waals surface area contributed by atoms with Crippen LogP contribution < -0.4 is 9.70 Å². The zero-order valence-corrected chi connectivity index (χ0v) is 16.9. The summed E-state index contributed by atoms with van der Waals surface area (Å²) in [4.78, 5) is 19.7. The number of thiazole rings is 1. The molecule has 0 radical (unpaired) electrons. The summed E-state index contributed by atoms with van der Waals surface area (Å²) in [5, 5.41) is 0. The van der Waals surface area contributed by atoms with Crippen LogP contribution >= 0.6 is 11.3 Å². The van der Waals surface area contributed by atoms with Gasteiger partial charge in [-0.2, -0.15) is 4.99 Å². The third-order valence-electron chi connectivity index (χ3n) is 4.45. The maximum absolute atomic E-state index is 12.7. The van der Waals surface area contributed by atoms with E-state index in [2.05, 4.69) is 43.0 Å². The molecule has 2 aromatic carbocycles. The van der Waals surface area contributed by atoms with Gasteiger partial charge in [-0.1, -0.05) is 37.2 Å². The van der Waals surface area contributed by atoms with Gasteiger partial charge in [0.25, 0.3) is 5.91 Å². The summed E-state index contributed by atoms with van der Waals surface area (Å²) >= 11 is 1.50. The highest BCUT2D eigenvalue weighted by atomic mass is 32.1. The van der Waals surface area contributed by atoms with Gasteiger partial charge in [0.15, 0.2) is 4.80 Å². The Balaban J connectivity index is 2.07. The van der Waals surface area contributed by atoms with Gasteiger partial charge < -0.3 is 9.47 Å². The van der Waals surface area contributed by atoms with Gasteiger partial charge in [-0.25, -0.2) is 0 Å². The zero-order chi connectivity index (χ0) is 19.6. The molecule has 27 heavy (non-hydrogen) atoms. The van der Waals surface area contributed by atoms with Crippen molar-refractivity contribution in [2.45, 2.75) is 26.3 Å². The summed E-state index contributed by atoms with van der Waals surface area (Å²) in [6, 6.07) is 13.8. The van der Waals surface area contributed by atoms with Crippen molar-refractivity contribution in [1.82, 2.24) is 4.57 Å².